The first-order valence-corrected chi connectivity index (χ1v) is 8.14. The fraction of sp³-hybridized carbons (Fsp3) is 0.611. The molecule has 2 rings (SSSR count). The molecule has 3 nitrogen and oxygen atoms in total. The zero-order valence-corrected chi connectivity index (χ0v) is 13.3. The molecule has 1 heterocycles. The van der Waals surface area contributed by atoms with E-state index in [1.54, 1.807) is 12.1 Å². The maximum absolute atomic E-state index is 10.6. The molecule has 1 aromatic rings. The van der Waals surface area contributed by atoms with Gasteiger partial charge in [-0.15, -0.1) is 0 Å². The number of hydrogen-bond donors (Lipinski definition) is 0. The molecular formula is C18H27NO2. The summed E-state index contributed by atoms with van der Waals surface area (Å²) >= 11 is 0. The first-order valence-electron chi connectivity index (χ1n) is 8.14. The van der Waals surface area contributed by atoms with Crippen molar-refractivity contribution in [2.75, 3.05) is 13.2 Å². The molecule has 1 aliphatic rings. The summed E-state index contributed by atoms with van der Waals surface area (Å²) in [4.78, 5) is 13.2. The van der Waals surface area contributed by atoms with Crippen molar-refractivity contribution in [2.24, 2.45) is 0 Å². The van der Waals surface area contributed by atoms with Crippen molar-refractivity contribution in [1.82, 2.24) is 4.90 Å². The lowest BCUT2D eigenvalue weighted by atomic mass is 9.97. The van der Waals surface area contributed by atoms with E-state index in [2.05, 4.69) is 18.7 Å². The highest BCUT2D eigenvalue weighted by atomic mass is 16.5. The van der Waals surface area contributed by atoms with Gasteiger partial charge in [0.25, 0.3) is 0 Å². The van der Waals surface area contributed by atoms with Gasteiger partial charge >= 0.3 is 0 Å². The standard InChI is InChI=1S/C18H27NO2/c1-15-6-5-7-16(2)19(15)12-3-4-13-21-18-10-8-17(14-20)9-11-18/h8-11,14-16H,3-7,12-13H2,1-2H3/t15-,16+. The van der Waals surface area contributed by atoms with Crippen molar-refractivity contribution in [2.45, 2.75) is 58.0 Å². The van der Waals surface area contributed by atoms with Crippen LogP contribution in [0.4, 0.5) is 0 Å². The highest BCUT2D eigenvalue weighted by molar-refractivity contribution is 5.74. The van der Waals surface area contributed by atoms with E-state index in [1.165, 1.54) is 32.2 Å². The van der Waals surface area contributed by atoms with Crippen molar-refractivity contribution in [3.05, 3.63) is 29.8 Å². The molecule has 0 aliphatic carbocycles. The molecule has 0 aromatic heterocycles. The lowest BCUT2D eigenvalue weighted by Crippen LogP contribution is -2.44. The van der Waals surface area contributed by atoms with E-state index in [0.29, 0.717) is 5.56 Å². The van der Waals surface area contributed by atoms with Gasteiger partial charge in [0.15, 0.2) is 0 Å². The van der Waals surface area contributed by atoms with Crippen LogP contribution in [0, 0.1) is 0 Å². The smallest absolute Gasteiger partial charge is 0.150 e. The molecule has 3 heteroatoms. The predicted octanol–water partition coefficient (Wildman–Crippen LogP) is 3.92. The Morgan fingerprint density at radius 1 is 1.14 bits per heavy atom. The summed E-state index contributed by atoms with van der Waals surface area (Å²) in [5, 5.41) is 0. The number of piperidine rings is 1. The average molecular weight is 289 g/mol. The molecule has 0 radical (unpaired) electrons. The van der Waals surface area contributed by atoms with Gasteiger partial charge in [-0.1, -0.05) is 6.42 Å². The van der Waals surface area contributed by atoms with Gasteiger partial charge in [0.2, 0.25) is 0 Å². The number of ether oxygens (including phenoxy) is 1. The minimum Gasteiger partial charge on any atom is -0.494 e. The molecule has 0 unspecified atom stereocenters. The first-order chi connectivity index (χ1) is 10.2. The molecule has 1 fully saturated rings. The number of benzene rings is 1. The van der Waals surface area contributed by atoms with Crippen molar-refractivity contribution < 1.29 is 9.53 Å². The highest BCUT2D eigenvalue weighted by Crippen LogP contribution is 2.22. The van der Waals surface area contributed by atoms with Crippen LogP contribution in [0.2, 0.25) is 0 Å². The van der Waals surface area contributed by atoms with Gasteiger partial charge in [0.1, 0.15) is 12.0 Å². The molecular weight excluding hydrogens is 262 g/mol. The highest BCUT2D eigenvalue weighted by Gasteiger charge is 2.23. The zero-order chi connectivity index (χ0) is 15.1. The maximum Gasteiger partial charge on any atom is 0.150 e. The van der Waals surface area contributed by atoms with Crippen molar-refractivity contribution in [3.63, 3.8) is 0 Å². The number of rotatable bonds is 7. The summed E-state index contributed by atoms with van der Waals surface area (Å²) in [5.41, 5.74) is 0.690. The summed E-state index contributed by atoms with van der Waals surface area (Å²) in [7, 11) is 0. The fourth-order valence-corrected chi connectivity index (χ4v) is 3.14. The minimum atomic E-state index is 0.690. The van der Waals surface area contributed by atoms with Gasteiger partial charge in [0, 0.05) is 17.6 Å². The summed E-state index contributed by atoms with van der Waals surface area (Å²) < 4.78 is 5.71. The molecule has 0 spiro atoms. The topological polar surface area (TPSA) is 29.5 Å². The first kappa shape index (κ1) is 16.0. The Hall–Kier alpha value is -1.35. The van der Waals surface area contributed by atoms with Gasteiger partial charge in [-0.3, -0.25) is 9.69 Å². The Labute approximate surface area is 128 Å². The second-order valence-electron chi connectivity index (χ2n) is 6.11. The molecule has 1 saturated heterocycles. The van der Waals surface area contributed by atoms with Crippen LogP contribution in [0.5, 0.6) is 5.75 Å². The third kappa shape index (κ3) is 4.85. The van der Waals surface area contributed by atoms with Crippen LogP contribution in [-0.4, -0.2) is 36.4 Å². The van der Waals surface area contributed by atoms with Gasteiger partial charge in [0.05, 0.1) is 6.61 Å². The van der Waals surface area contributed by atoms with Crippen molar-refractivity contribution in [3.8, 4) is 5.75 Å². The molecule has 1 aliphatic heterocycles. The second-order valence-corrected chi connectivity index (χ2v) is 6.11. The van der Waals surface area contributed by atoms with Crippen LogP contribution in [0.15, 0.2) is 24.3 Å². The lowest BCUT2D eigenvalue weighted by Gasteiger charge is -2.39. The lowest BCUT2D eigenvalue weighted by molar-refractivity contribution is 0.0996. The Morgan fingerprint density at radius 2 is 1.81 bits per heavy atom. The molecule has 0 amide bonds. The van der Waals surface area contributed by atoms with Gasteiger partial charge in [-0.2, -0.15) is 0 Å². The summed E-state index contributed by atoms with van der Waals surface area (Å²) in [5.74, 6) is 0.848. The third-order valence-corrected chi connectivity index (χ3v) is 4.47. The number of nitrogens with zero attached hydrogens (tertiary/aromatic N) is 1. The summed E-state index contributed by atoms with van der Waals surface area (Å²) in [6.07, 6.45) is 7.16. The van der Waals surface area contributed by atoms with Crippen LogP contribution < -0.4 is 4.74 Å². The van der Waals surface area contributed by atoms with Crippen molar-refractivity contribution in [1.29, 1.82) is 0 Å². The number of likely N-dealkylation sites (tertiary alicyclic amines) is 1. The van der Waals surface area contributed by atoms with Crippen LogP contribution in [-0.2, 0) is 0 Å². The molecule has 2 atom stereocenters. The Morgan fingerprint density at radius 3 is 2.43 bits per heavy atom. The van der Waals surface area contributed by atoms with E-state index in [4.69, 9.17) is 4.74 Å². The fourth-order valence-electron chi connectivity index (χ4n) is 3.14. The van der Waals surface area contributed by atoms with E-state index < -0.39 is 0 Å². The number of carbonyl (C=O) groups is 1. The van der Waals surface area contributed by atoms with Crippen LogP contribution in [0.3, 0.4) is 0 Å². The van der Waals surface area contributed by atoms with E-state index in [-0.39, 0.29) is 0 Å². The molecule has 116 valence electrons. The largest absolute Gasteiger partial charge is 0.494 e. The Bertz CT molecular complexity index is 419. The van der Waals surface area contributed by atoms with Gasteiger partial charge < -0.3 is 4.74 Å². The molecule has 1 aromatic carbocycles. The van der Waals surface area contributed by atoms with E-state index >= 15 is 0 Å². The number of aldehydes is 1. The molecule has 0 saturated carbocycles. The Balaban J connectivity index is 1.64. The molecule has 0 bridgehead atoms. The quantitative estimate of drug-likeness (QED) is 0.563. The maximum atomic E-state index is 10.6. The zero-order valence-electron chi connectivity index (χ0n) is 13.3. The van der Waals surface area contributed by atoms with Crippen LogP contribution in [0.25, 0.3) is 0 Å². The molecule has 0 N–H and O–H groups in total. The second kappa shape index (κ2) is 8.18. The monoisotopic (exact) mass is 289 g/mol. The third-order valence-electron chi connectivity index (χ3n) is 4.47. The predicted molar refractivity (Wildman–Crippen MR) is 86.0 cm³/mol. The summed E-state index contributed by atoms with van der Waals surface area (Å²) in [6, 6.07) is 8.76. The number of unbranched alkanes of at least 4 members (excludes halogenated alkanes) is 1. The van der Waals surface area contributed by atoms with E-state index in [0.717, 1.165) is 37.1 Å². The van der Waals surface area contributed by atoms with Crippen molar-refractivity contribution >= 4 is 6.29 Å². The van der Waals surface area contributed by atoms with E-state index in [9.17, 15) is 4.79 Å². The molecule has 21 heavy (non-hydrogen) atoms. The normalized spacial score (nSPS) is 23.0. The van der Waals surface area contributed by atoms with Gasteiger partial charge in [-0.25, -0.2) is 0 Å². The Kier molecular flexibility index (Phi) is 6.24. The average Bonchev–Trinajstić information content (AvgIpc) is 2.50. The van der Waals surface area contributed by atoms with Gasteiger partial charge in [-0.05, 0) is 70.3 Å². The summed E-state index contributed by atoms with van der Waals surface area (Å²) in [6.45, 7) is 6.62. The van der Waals surface area contributed by atoms with Crippen LogP contribution >= 0.6 is 0 Å². The SMILES string of the molecule is C[C@@H]1CCC[C@H](C)N1CCCCOc1ccc(C=O)cc1. The number of hydrogen-bond acceptors (Lipinski definition) is 3. The minimum absolute atomic E-state index is 0.690. The van der Waals surface area contributed by atoms with Crippen LogP contribution in [0.1, 0.15) is 56.3 Å². The number of carbonyl (C=O) groups excluding carboxylic acids is 1. The van der Waals surface area contributed by atoms with E-state index in [1.807, 2.05) is 12.1 Å².